The fourth-order valence-corrected chi connectivity index (χ4v) is 2.11. The maximum absolute atomic E-state index is 12.2. The average molecular weight is 263 g/mol. The first-order valence-corrected chi connectivity index (χ1v) is 5.55. The molecule has 18 heavy (non-hydrogen) atoms. The summed E-state index contributed by atoms with van der Waals surface area (Å²) in [5.74, 6) is -0.962. The van der Waals surface area contributed by atoms with Gasteiger partial charge in [0, 0.05) is 6.42 Å². The van der Waals surface area contributed by atoms with Crippen molar-refractivity contribution in [1.82, 2.24) is 14.8 Å². The SMILES string of the molecule is O=C(O)C1(n2cnnc2CCC(F)(F)F)CCC1. The lowest BCUT2D eigenvalue weighted by atomic mass is 9.76. The first kappa shape index (κ1) is 12.8. The Kier molecular flexibility index (Phi) is 3.04. The van der Waals surface area contributed by atoms with Crippen LogP contribution in [0.25, 0.3) is 0 Å². The molecular weight excluding hydrogens is 251 g/mol. The third-order valence-corrected chi connectivity index (χ3v) is 3.29. The van der Waals surface area contributed by atoms with E-state index < -0.39 is 24.1 Å². The standard InChI is InChI=1S/C10H12F3N3O2/c11-10(12,13)5-2-7-15-14-6-16(7)9(8(17)18)3-1-4-9/h6H,1-5H2,(H,17,18). The Morgan fingerprint density at radius 2 is 2.17 bits per heavy atom. The van der Waals surface area contributed by atoms with Gasteiger partial charge in [-0.2, -0.15) is 13.2 Å². The van der Waals surface area contributed by atoms with E-state index in [1.807, 2.05) is 0 Å². The summed E-state index contributed by atoms with van der Waals surface area (Å²) in [5, 5.41) is 16.3. The van der Waals surface area contributed by atoms with Crippen molar-refractivity contribution >= 4 is 5.97 Å². The van der Waals surface area contributed by atoms with Crippen molar-refractivity contribution in [3.63, 3.8) is 0 Å². The monoisotopic (exact) mass is 263 g/mol. The van der Waals surface area contributed by atoms with Crippen LogP contribution in [0.2, 0.25) is 0 Å². The number of hydrogen-bond acceptors (Lipinski definition) is 3. The topological polar surface area (TPSA) is 68.0 Å². The number of aryl methyl sites for hydroxylation is 1. The second-order valence-electron chi connectivity index (χ2n) is 4.42. The lowest BCUT2D eigenvalue weighted by molar-refractivity contribution is -0.152. The van der Waals surface area contributed by atoms with Crippen LogP contribution in [0.1, 0.15) is 31.5 Å². The zero-order chi connectivity index (χ0) is 13.4. The Balaban J connectivity index is 2.20. The fraction of sp³-hybridized carbons (Fsp3) is 0.700. The molecule has 2 rings (SSSR count). The van der Waals surface area contributed by atoms with Crippen molar-refractivity contribution in [2.45, 2.75) is 43.8 Å². The summed E-state index contributed by atoms with van der Waals surface area (Å²) in [6.07, 6.45) is -2.91. The second kappa shape index (κ2) is 4.25. The van der Waals surface area contributed by atoms with Gasteiger partial charge in [-0.1, -0.05) is 0 Å². The van der Waals surface area contributed by atoms with E-state index in [-0.39, 0.29) is 12.2 Å². The normalized spacial score (nSPS) is 18.4. The van der Waals surface area contributed by atoms with Crippen LogP contribution in [0, 0.1) is 0 Å². The third kappa shape index (κ3) is 2.19. The first-order valence-electron chi connectivity index (χ1n) is 5.55. The minimum absolute atomic E-state index is 0.0782. The molecule has 1 aromatic heterocycles. The zero-order valence-electron chi connectivity index (χ0n) is 9.44. The van der Waals surface area contributed by atoms with E-state index in [4.69, 9.17) is 0 Å². The molecule has 1 aromatic rings. The number of aliphatic carboxylic acids is 1. The molecule has 5 nitrogen and oxygen atoms in total. The highest BCUT2D eigenvalue weighted by Gasteiger charge is 2.47. The fourth-order valence-electron chi connectivity index (χ4n) is 2.11. The predicted octanol–water partition coefficient (Wildman–Crippen LogP) is 1.74. The van der Waals surface area contributed by atoms with Crippen LogP contribution in [0.4, 0.5) is 13.2 Å². The maximum Gasteiger partial charge on any atom is 0.389 e. The summed E-state index contributed by atoms with van der Waals surface area (Å²) in [5.41, 5.74) is -1.15. The summed E-state index contributed by atoms with van der Waals surface area (Å²) in [7, 11) is 0. The predicted molar refractivity (Wildman–Crippen MR) is 53.9 cm³/mol. The van der Waals surface area contributed by atoms with E-state index >= 15 is 0 Å². The number of rotatable bonds is 4. The molecule has 0 aliphatic heterocycles. The van der Waals surface area contributed by atoms with Gasteiger partial charge >= 0.3 is 12.1 Å². The van der Waals surface area contributed by atoms with Gasteiger partial charge in [0.1, 0.15) is 17.7 Å². The van der Waals surface area contributed by atoms with Gasteiger partial charge in [-0.25, -0.2) is 4.79 Å². The van der Waals surface area contributed by atoms with Crippen LogP contribution in [-0.4, -0.2) is 32.0 Å². The molecule has 0 saturated heterocycles. The van der Waals surface area contributed by atoms with E-state index in [9.17, 15) is 23.1 Å². The summed E-state index contributed by atoms with van der Waals surface area (Å²) in [4.78, 5) is 11.3. The highest BCUT2D eigenvalue weighted by Crippen LogP contribution is 2.40. The average Bonchev–Trinajstić information content (AvgIpc) is 2.60. The van der Waals surface area contributed by atoms with Crippen LogP contribution >= 0.6 is 0 Å². The molecule has 1 aliphatic carbocycles. The zero-order valence-corrected chi connectivity index (χ0v) is 9.44. The van der Waals surface area contributed by atoms with Crippen molar-refractivity contribution in [2.75, 3.05) is 0 Å². The Morgan fingerprint density at radius 3 is 2.61 bits per heavy atom. The summed E-state index contributed by atoms with van der Waals surface area (Å²) in [6, 6.07) is 0. The van der Waals surface area contributed by atoms with Crippen LogP contribution < -0.4 is 0 Å². The molecule has 0 spiro atoms. The summed E-state index contributed by atoms with van der Waals surface area (Å²) in [6.45, 7) is 0. The minimum atomic E-state index is -4.28. The van der Waals surface area contributed by atoms with E-state index in [1.165, 1.54) is 10.9 Å². The molecule has 1 saturated carbocycles. The number of hydrogen-bond donors (Lipinski definition) is 1. The smallest absolute Gasteiger partial charge is 0.389 e. The highest BCUT2D eigenvalue weighted by molar-refractivity contribution is 5.78. The Labute approximate surface area is 101 Å². The molecule has 1 N–H and O–H groups in total. The number of carboxylic acids is 1. The lowest BCUT2D eigenvalue weighted by Crippen LogP contribution is -2.48. The molecule has 100 valence electrons. The number of carbonyl (C=O) groups is 1. The van der Waals surface area contributed by atoms with Gasteiger partial charge in [-0.15, -0.1) is 10.2 Å². The van der Waals surface area contributed by atoms with Crippen molar-refractivity contribution in [3.05, 3.63) is 12.2 Å². The third-order valence-electron chi connectivity index (χ3n) is 3.29. The Hall–Kier alpha value is -1.60. The molecule has 0 atom stereocenters. The van der Waals surface area contributed by atoms with E-state index in [0.29, 0.717) is 12.8 Å². The number of halogens is 3. The van der Waals surface area contributed by atoms with Crippen molar-refractivity contribution in [2.24, 2.45) is 0 Å². The molecule has 1 heterocycles. The lowest BCUT2D eigenvalue weighted by Gasteiger charge is -2.39. The minimum Gasteiger partial charge on any atom is -0.479 e. The van der Waals surface area contributed by atoms with Crippen molar-refractivity contribution in [1.29, 1.82) is 0 Å². The largest absolute Gasteiger partial charge is 0.479 e. The molecular formula is C10H12F3N3O2. The molecule has 8 heteroatoms. The molecule has 0 aromatic carbocycles. The number of alkyl halides is 3. The highest BCUT2D eigenvalue weighted by atomic mass is 19.4. The van der Waals surface area contributed by atoms with Gasteiger partial charge in [0.05, 0.1) is 6.42 Å². The van der Waals surface area contributed by atoms with Crippen LogP contribution in [0.3, 0.4) is 0 Å². The second-order valence-corrected chi connectivity index (χ2v) is 4.42. The van der Waals surface area contributed by atoms with E-state index in [0.717, 1.165) is 6.42 Å². The molecule has 0 amide bonds. The van der Waals surface area contributed by atoms with Gasteiger partial charge in [0.2, 0.25) is 0 Å². The first-order chi connectivity index (χ1) is 8.35. The Bertz CT molecular complexity index is 451. The van der Waals surface area contributed by atoms with Crippen LogP contribution in [-0.2, 0) is 16.8 Å². The van der Waals surface area contributed by atoms with E-state index in [1.54, 1.807) is 0 Å². The summed E-state index contributed by atoms with van der Waals surface area (Å²) < 4.78 is 37.8. The molecule has 0 radical (unpaired) electrons. The van der Waals surface area contributed by atoms with Crippen molar-refractivity contribution < 1.29 is 23.1 Å². The van der Waals surface area contributed by atoms with Gasteiger partial charge in [-0.05, 0) is 19.3 Å². The molecule has 1 fully saturated rings. The number of carboxylic acid groups (broad SMARTS) is 1. The summed E-state index contributed by atoms with van der Waals surface area (Å²) >= 11 is 0. The van der Waals surface area contributed by atoms with Crippen LogP contribution in [0.5, 0.6) is 0 Å². The van der Waals surface area contributed by atoms with Gasteiger partial charge < -0.3 is 9.67 Å². The van der Waals surface area contributed by atoms with E-state index in [2.05, 4.69) is 10.2 Å². The molecule has 0 bridgehead atoms. The Morgan fingerprint density at radius 1 is 1.50 bits per heavy atom. The van der Waals surface area contributed by atoms with Gasteiger partial charge in [-0.3, -0.25) is 0 Å². The quantitative estimate of drug-likeness (QED) is 0.898. The number of aromatic nitrogens is 3. The number of nitrogens with zero attached hydrogens (tertiary/aromatic N) is 3. The molecule has 1 aliphatic rings. The van der Waals surface area contributed by atoms with Gasteiger partial charge in [0.15, 0.2) is 0 Å². The van der Waals surface area contributed by atoms with Gasteiger partial charge in [0.25, 0.3) is 0 Å². The van der Waals surface area contributed by atoms with Crippen LogP contribution in [0.15, 0.2) is 6.33 Å². The van der Waals surface area contributed by atoms with Crippen molar-refractivity contribution in [3.8, 4) is 0 Å². The molecule has 0 unspecified atom stereocenters. The maximum atomic E-state index is 12.2.